The van der Waals surface area contributed by atoms with Gasteiger partial charge in [0.15, 0.2) is 6.10 Å². The molecule has 578 valence electrons. The number of allylic oxidation sites excluding steroid dienone is 24. The molecule has 0 bridgehead atoms. The highest BCUT2D eigenvalue weighted by molar-refractivity contribution is 5.71. The van der Waals surface area contributed by atoms with Gasteiger partial charge in [0, 0.05) is 12.8 Å². The molecule has 0 aliphatic rings. The van der Waals surface area contributed by atoms with E-state index in [0.29, 0.717) is 23.9 Å². The summed E-state index contributed by atoms with van der Waals surface area (Å²) in [5.41, 5.74) is 0. The van der Waals surface area contributed by atoms with Gasteiger partial charge >= 0.3 is 17.9 Å². The molecular weight excluding hydrogens is 1250 g/mol. The van der Waals surface area contributed by atoms with Crippen LogP contribution >= 0.6 is 0 Å². The molecule has 1 N–H and O–H groups in total. The lowest BCUT2D eigenvalue weighted by Crippen LogP contribution is -2.40. The molecule has 9 nitrogen and oxygen atoms in total. The third-order valence-electron chi connectivity index (χ3n) is 18.1. The highest BCUT2D eigenvalue weighted by Gasteiger charge is 2.25. The van der Waals surface area contributed by atoms with Crippen LogP contribution in [-0.2, 0) is 33.3 Å². The molecule has 0 saturated carbocycles. The monoisotopic (exact) mass is 1410 g/mol. The van der Waals surface area contributed by atoms with Crippen molar-refractivity contribution in [2.45, 2.75) is 373 Å². The first-order valence-corrected chi connectivity index (χ1v) is 42.0. The summed E-state index contributed by atoms with van der Waals surface area (Å²) < 4.78 is 23.1. The molecule has 0 heterocycles. The van der Waals surface area contributed by atoms with Gasteiger partial charge in [-0.05, 0) is 122 Å². The molecule has 0 spiro atoms. The van der Waals surface area contributed by atoms with Crippen LogP contribution in [0.2, 0.25) is 0 Å². The van der Waals surface area contributed by atoms with Gasteiger partial charge in [-0.2, -0.15) is 0 Å². The Kier molecular flexibility index (Phi) is 77.0. The standard InChI is InChI=1S/C92H157NO8/c1-6-8-10-12-14-16-18-20-22-24-26-28-30-32-34-36-38-40-42-44-45-47-49-51-53-55-57-59-61-63-65-67-69-71-73-75-77-79-81-83-90(95)101-88(87-100-92(91(96)97)98-85-84-93(3,4)5)86-99-89(94)82-80-78-76-74-72-70-68-66-64-62-60-58-56-54-52-50-48-46-43-41-39-37-35-33-31-29-27-25-23-21-19-17-15-13-11-9-7-2/h8,10,14,16,19-22,25-28,31-34,38,40,44-45,49,51,55,57,88,92H,6-7,9,11-13,15,17-18,23-24,29-30,35-37,39,41-43,46-48,50,52-54,56,58-87H2,1-5H3/p+1/b10-8-,16-14-,21-19-,22-20-,27-25-,28-26-,33-31-,34-32-,40-38-,45-44-,51-49-,57-55-. The number of carboxylic acid groups (broad SMARTS) is 1. The van der Waals surface area contributed by atoms with Gasteiger partial charge in [0.05, 0.1) is 34.4 Å². The highest BCUT2D eigenvalue weighted by atomic mass is 16.7. The Morgan fingerprint density at radius 3 is 0.842 bits per heavy atom. The number of unbranched alkanes of at least 4 members (excludes halogenated alkanes) is 38. The van der Waals surface area contributed by atoms with E-state index < -0.39 is 24.3 Å². The van der Waals surface area contributed by atoms with E-state index in [4.69, 9.17) is 18.9 Å². The molecule has 0 aromatic rings. The molecule has 2 unspecified atom stereocenters. The van der Waals surface area contributed by atoms with Gasteiger partial charge in [-0.25, -0.2) is 4.79 Å². The predicted octanol–water partition coefficient (Wildman–Crippen LogP) is 27.4. The predicted molar refractivity (Wildman–Crippen MR) is 437 cm³/mol. The number of carbonyl (C=O) groups is 3. The van der Waals surface area contributed by atoms with Crippen LogP contribution in [0.3, 0.4) is 0 Å². The number of quaternary nitrogens is 1. The van der Waals surface area contributed by atoms with Gasteiger partial charge in [0.1, 0.15) is 13.2 Å². The zero-order valence-electron chi connectivity index (χ0n) is 66.3. The maximum absolute atomic E-state index is 13.0. The lowest BCUT2D eigenvalue weighted by atomic mass is 10.0. The van der Waals surface area contributed by atoms with Crippen LogP contribution in [-0.4, -0.2) is 87.4 Å². The number of hydrogen-bond donors (Lipinski definition) is 1. The Hall–Kier alpha value is -4.83. The number of hydrogen-bond acceptors (Lipinski definition) is 7. The Bertz CT molecular complexity index is 2180. The third kappa shape index (κ3) is 82.3. The second-order valence-electron chi connectivity index (χ2n) is 29.1. The summed E-state index contributed by atoms with van der Waals surface area (Å²) >= 11 is 0. The number of carboxylic acids is 1. The number of esters is 2. The van der Waals surface area contributed by atoms with Crippen molar-refractivity contribution in [2.75, 3.05) is 47.5 Å². The number of carbonyl (C=O) groups excluding carboxylic acids is 2. The second-order valence-corrected chi connectivity index (χ2v) is 29.1. The van der Waals surface area contributed by atoms with Crippen LogP contribution in [0.15, 0.2) is 146 Å². The van der Waals surface area contributed by atoms with E-state index in [1.54, 1.807) is 0 Å². The van der Waals surface area contributed by atoms with Crippen LogP contribution in [0.5, 0.6) is 0 Å². The molecule has 0 saturated heterocycles. The minimum absolute atomic E-state index is 0.183. The van der Waals surface area contributed by atoms with Gasteiger partial charge in [-0.15, -0.1) is 0 Å². The van der Waals surface area contributed by atoms with E-state index in [1.807, 2.05) is 21.1 Å². The zero-order chi connectivity index (χ0) is 73.2. The van der Waals surface area contributed by atoms with Gasteiger partial charge in [0.2, 0.25) is 0 Å². The van der Waals surface area contributed by atoms with Crippen molar-refractivity contribution in [2.24, 2.45) is 0 Å². The molecule has 0 rings (SSSR count). The van der Waals surface area contributed by atoms with E-state index in [9.17, 15) is 19.5 Å². The summed E-state index contributed by atoms with van der Waals surface area (Å²) in [6.07, 6.45) is 116. The minimum atomic E-state index is -1.52. The summed E-state index contributed by atoms with van der Waals surface area (Å²) in [4.78, 5) is 37.8. The van der Waals surface area contributed by atoms with Crippen molar-refractivity contribution in [3.8, 4) is 0 Å². The first kappa shape index (κ1) is 96.2. The quantitative estimate of drug-likeness (QED) is 0.0211. The zero-order valence-corrected chi connectivity index (χ0v) is 66.3. The number of rotatable bonds is 77. The molecule has 9 heteroatoms. The maximum atomic E-state index is 13.0. The summed E-state index contributed by atoms with van der Waals surface area (Å²) in [6, 6.07) is 0. The van der Waals surface area contributed by atoms with Crippen LogP contribution in [0.25, 0.3) is 0 Å². The van der Waals surface area contributed by atoms with E-state index in [1.165, 1.54) is 212 Å². The van der Waals surface area contributed by atoms with Gasteiger partial charge < -0.3 is 28.5 Å². The van der Waals surface area contributed by atoms with Crippen molar-refractivity contribution >= 4 is 17.9 Å². The fourth-order valence-electron chi connectivity index (χ4n) is 11.7. The number of nitrogens with zero attached hydrogens (tertiary/aromatic N) is 1. The second kappa shape index (κ2) is 80.8. The molecule has 2 atom stereocenters. The minimum Gasteiger partial charge on any atom is -0.477 e. The van der Waals surface area contributed by atoms with Crippen LogP contribution in [0, 0.1) is 0 Å². The Labute approximate surface area is 623 Å². The molecule has 0 aliphatic heterocycles. The first-order valence-electron chi connectivity index (χ1n) is 42.0. The number of ether oxygens (including phenoxy) is 4. The number of aliphatic carboxylic acids is 1. The van der Waals surface area contributed by atoms with Crippen LogP contribution in [0.1, 0.15) is 361 Å². The Morgan fingerprint density at radius 2 is 0.564 bits per heavy atom. The average Bonchev–Trinajstić information content (AvgIpc) is 1.21. The van der Waals surface area contributed by atoms with Crippen molar-refractivity contribution in [1.29, 1.82) is 0 Å². The van der Waals surface area contributed by atoms with E-state index >= 15 is 0 Å². The van der Waals surface area contributed by atoms with E-state index in [-0.39, 0.29) is 32.2 Å². The lowest BCUT2D eigenvalue weighted by Gasteiger charge is -2.25. The Balaban J connectivity index is 4.04. The van der Waals surface area contributed by atoms with Gasteiger partial charge in [0.25, 0.3) is 6.29 Å². The Morgan fingerprint density at radius 1 is 0.307 bits per heavy atom. The largest absolute Gasteiger partial charge is 0.477 e. The smallest absolute Gasteiger partial charge is 0.361 e. The van der Waals surface area contributed by atoms with Crippen molar-refractivity contribution < 1.29 is 42.9 Å². The van der Waals surface area contributed by atoms with Crippen molar-refractivity contribution in [3.05, 3.63) is 146 Å². The highest BCUT2D eigenvalue weighted by Crippen LogP contribution is 2.19. The fourth-order valence-corrected chi connectivity index (χ4v) is 11.7. The maximum Gasteiger partial charge on any atom is 0.361 e. The fraction of sp³-hybridized carbons (Fsp3) is 0.707. The number of likely N-dealkylation sites (N-methyl/N-ethyl adjacent to an activating group) is 1. The topological polar surface area (TPSA) is 108 Å². The van der Waals surface area contributed by atoms with Crippen LogP contribution in [0.4, 0.5) is 0 Å². The normalized spacial score (nSPS) is 13.4. The lowest BCUT2D eigenvalue weighted by molar-refractivity contribution is -0.870. The average molecular weight is 1410 g/mol. The molecule has 0 aromatic heterocycles. The van der Waals surface area contributed by atoms with Crippen molar-refractivity contribution in [1.82, 2.24) is 0 Å². The SMILES string of the molecule is CC/C=C\C/C=C\C/C=C\C/C=C\C/C=C\C/C=C\C/C=C\C/C=C\C/C=C\CCCCCCCCCCCCCC(=O)OC(COC(=O)CCCCCCCCCCCCCCCCCCCCCCCC/C=C\C/C=C\C/C=C\CCCCCCC)COC(OCC[N+](C)(C)C)C(=O)O. The van der Waals surface area contributed by atoms with Crippen LogP contribution < -0.4 is 0 Å². The van der Waals surface area contributed by atoms with Crippen molar-refractivity contribution in [3.63, 3.8) is 0 Å². The third-order valence-corrected chi connectivity index (χ3v) is 18.1. The molecule has 0 aliphatic carbocycles. The van der Waals surface area contributed by atoms with Gasteiger partial charge in [-0.3, -0.25) is 9.59 Å². The molecule has 0 fully saturated rings. The molecular formula is C92H158NO8+. The summed E-state index contributed by atoms with van der Waals surface area (Å²) in [5, 5.41) is 9.78. The summed E-state index contributed by atoms with van der Waals surface area (Å²) in [5.74, 6) is -2.00. The molecule has 0 radical (unpaired) electrons. The summed E-state index contributed by atoms with van der Waals surface area (Å²) in [7, 11) is 5.98. The van der Waals surface area contributed by atoms with E-state index in [0.717, 1.165) is 116 Å². The van der Waals surface area contributed by atoms with E-state index in [2.05, 4.69) is 160 Å². The molecule has 0 aromatic carbocycles. The molecule has 0 amide bonds. The van der Waals surface area contributed by atoms with Gasteiger partial charge in [-0.1, -0.05) is 372 Å². The summed E-state index contributed by atoms with van der Waals surface area (Å²) in [6.45, 7) is 4.78. The first-order chi connectivity index (χ1) is 49.6. The molecule has 101 heavy (non-hydrogen) atoms.